The first-order chi connectivity index (χ1) is 7.25. The molecule has 0 amide bonds. The molecule has 1 aliphatic rings. The fourth-order valence-electron chi connectivity index (χ4n) is 1.51. The minimum absolute atomic E-state index is 0.788. The van der Waals surface area contributed by atoms with E-state index in [9.17, 15) is 0 Å². The number of aliphatic imine (C=N–C) groups is 1. The molecule has 1 N–H and O–H groups in total. The standard InChI is InChI=1S/C11H16N4/c1-9-3-4-10(7-13-9)8-14-11-12-5-6-15(11)2/h3-4,7H,5-6,8H2,1-2H3,(H,12,14). The first-order valence-electron chi connectivity index (χ1n) is 5.17. The van der Waals surface area contributed by atoms with Crippen molar-refractivity contribution in [2.45, 2.75) is 13.5 Å². The van der Waals surface area contributed by atoms with E-state index in [1.165, 1.54) is 5.56 Å². The molecule has 1 aliphatic heterocycles. The van der Waals surface area contributed by atoms with Crippen LogP contribution in [0.5, 0.6) is 0 Å². The van der Waals surface area contributed by atoms with Crippen LogP contribution in [0.15, 0.2) is 23.3 Å². The molecular weight excluding hydrogens is 188 g/mol. The summed E-state index contributed by atoms with van der Waals surface area (Å²) in [5.41, 5.74) is 2.23. The molecule has 0 bridgehead atoms. The van der Waals surface area contributed by atoms with Crippen LogP contribution in [-0.2, 0) is 6.54 Å². The largest absolute Gasteiger partial charge is 0.352 e. The number of guanidine groups is 1. The average Bonchev–Trinajstić information content (AvgIpc) is 2.63. The highest BCUT2D eigenvalue weighted by atomic mass is 15.3. The van der Waals surface area contributed by atoms with Crippen LogP contribution < -0.4 is 5.32 Å². The van der Waals surface area contributed by atoms with E-state index >= 15 is 0 Å². The fraction of sp³-hybridized carbons (Fsp3) is 0.455. The summed E-state index contributed by atoms with van der Waals surface area (Å²) in [5.74, 6) is 0.982. The average molecular weight is 204 g/mol. The Morgan fingerprint density at radius 2 is 2.33 bits per heavy atom. The summed E-state index contributed by atoms with van der Waals surface area (Å²) in [7, 11) is 2.05. The molecule has 0 aromatic carbocycles. The summed E-state index contributed by atoms with van der Waals surface area (Å²) in [5, 5.41) is 3.30. The van der Waals surface area contributed by atoms with Crippen LogP contribution in [0.4, 0.5) is 0 Å². The Labute approximate surface area is 90.0 Å². The molecule has 2 rings (SSSR count). The van der Waals surface area contributed by atoms with Gasteiger partial charge in [0.25, 0.3) is 0 Å². The van der Waals surface area contributed by atoms with Gasteiger partial charge in [-0.15, -0.1) is 0 Å². The Kier molecular flexibility index (Phi) is 2.85. The summed E-state index contributed by atoms with van der Waals surface area (Å²) in [6.07, 6.45) is 1.90. The summed E-state index contributed by atoms with van der Waals surface area (Å²) in [6, 6.07) is 4.11. The number of hydrogen-bond acceptors (Lipinski definition) is 4. The smallest absolute Gasteiger partial charge is 0.194 e. The van der Waals surface area contributed by atoms with Crippen molar-refractivity contribution in [3.05, 3.63) is 29.6 Å². The van der Waals surface area contributed by atoms with E-state index in [1.54, 1.807) is 0 Å². The number of nitrogens with zero attached hydrogens (tertiary/aromatic N) is 3. The van der Waals surface area contributed by atoms with Gasteiger partial charge in [0, 0.05) is 32.0 Å². The van der Waals surface area contributed by atoms with E-state index in [0.29, 0.717) is 0 Å². The van der Waals surface area contributed by atoms with Crippen molar-refractivity contribution in [3.8, 4) is 0 Å². The molecule has 0 spiro atoms. The highest BCUT2D eigenvalue weighted by molar-refractivity contribution is 5.81. The molecule has 0 saturated carbocycles. The molecule has 4 nitrogen and oxygen atoms in total. The van der Waals surface area contributed by atoms with Gasteiger partial charge in [-0.3, -0.25) is 9.98 Å². The Balaban J connectivity index is 1.90. The number of aryl methyl sites for hydroxylation is 1. The van der Waals surface area contributed by atoms with Crippen molar-refractivity contribution in [2.75, 3.05) is 20.1 Å². The van der Waals surface area contributed by atoms with Crippen LogP contribution in [0.1, 0.15) is 11.3 Å². The molecule has 0 aliphatic carbocycles. The summed E-state index contributed by atoms with van der Waals surface area (Å²) >= 11 is 0. The maximum Gasteiger partial charge on any atom is 0.194 e. The lowest BCUT2D eigenvalue weighted by molar-refractivity contribution is 0.534. The lowest BCUT2D eigenvalue weighted by Crippen LogP contribution is -2.35. The third kappa shape index (κ3) is 2.46. The third-order valence-corrected chi connectivity index (χ3v) is 2.48. The van der Waals surface area contributed by atoms with E-state index in [2.05, 4.69) is 26.3 Å². The molecule has 0 radical (unpaired) electrons. The minimum Gasteiger partial charge on any atom is -0.352 e. The van der Waals surface area contributed by atoms with Crippen LogP contribution in [-0.4, -0.2) is 36.0 Å². The summed E-state index contributed by atoms with van der Waals surface area (Å²) < 4.78 is 0. The molecule has 1 aromatic heterocycles. The van der Waals surface area contributed by atoms with Crippen LogP contribution in [0.25, 0.3) is 0 Å². The molecule has 15 heavy (non-hydrogen) atoms. The van der Waals surface area contributed by atoms with E-state index in [0.717, 1.165) is 31.3 Å². The molecule has 0 saturated heterocycles. The van der Waals surface area contributed by atoms with Gasteiger partial charge in [0.15, 0.2) is 5.96 Å². The maximum atomic E-state index is 4.36. The van der Waals surface area contributed by atoms with Gasteiger partial charge >= 0.3 is 0 Å². The van der Waals surface area contributed by atoms with Gasteiger partial charge in [-0.1, -0.05) is 6.07 Å². The zero-order valence-corrected chi connectivity index (χ0v) is 9.20. The molecule has 0 fully saturated rings. The lowest BCUT2D eigenvalue weighted by Gasteiger charge is -2.15. The number of likely N-dealkylation sites (N-methyl/N-ethyl adjacent to an activating group) is 1. The second kappa shape index (κ2) is 4.29. The van der Waals surface area contributed by atoms with Crippen LogP contribution in [0.3, 0.4) is 0 Å². The zero-order chi connectivity index (χ0) is 10.7. The van der Waals surface area contributed by atoms with E-state index in [1.807, 2.05) is 26.2 Å². The maximum absolute atomic E-state index is 4.36. The number of rotatable bonds is 2. The van der Waals surface area contributed by atoms with Gasteiger partial charge in [0.05, 0.1) is 6.54 Å². The highest BCUT2D eigenvalue weighted by Crippen LogP contribution is 2.00. The Hall–Kier alpha value is -1.58. The second-order valence-electron chi connectivity index (χ2n) is 3.79. The number of aromatic nitrogens is 1. The minimum atomic E-state index is 0.788. The number of pyridine rings is 1. The van der Waals surface area contributed by atoms with Crippen molar-refractivity contribution < 1.29 is 0 Å². The van der Waals surface area contributed by atoms with Crippen LogP contribution in [0.2, 0.25) is 0 Å². The Morgan fingerprint density at radius 3 is 2.93 bits per heavy atom. The molecule has 0 atom stereocenters. The molecule has 1 aromatic rings. The van der Waals surface area contributed by atoms with Gasteiger partial charge in [-0.25, -0.2) is 0 Å². The normalized spacial score (nSPS) is 15.3. The topological polar surface area (TPSA) is 40.5 Å². The molecule has 0 unspecified atom stereocenters. The summed E-state index contributed by atoms with van der Waals surface area (Å²) in [6.45, 7) is 4.68. The van der Waals surface area contributed by atoms with E-state index in [4.69, 9.17) is 0 Å². The first-order valence-corrected chi connectivity index (χ1v) is 5.17. The lowest BCUT2D eigenvalue weighted by atomic mass is 10.2. The van der Waals surface area contributed by atoms with Gasteiger partial charge in [-0.2, -0.15) is 0 Å². The molecule has 4 heteroatoms. The molecular formula is C11H16N4. The Bertz CT molecular complexity index is 355. The van der Waals surface area contributed by atoms with Crippen molar-refractivity contribution >= 4 is 5.96 Å². The second-order valence-corrected chi connectivity index (χ2v) is 3.79. The SMILES string of the molecule is Cc1ccc(CNC2=NCCN2C)cn1. The van der Waals surface area contributed by atoms with Crippen molar-refractivity contribution in [3.63, 3.8) is 0 Å². The third-order valence-electron chi connectivity index (χ3n) is 2.48. The fourth-order valence-corrected chi connectivity index (χ4v) is 1.51. The zero-order valence-electron chi connectivity index (χ0n) is 9.20. The monoisotopic (exact) mass is 204 g/mol. The Morgan fingerprint density at radius 1 is 1.47 bits per heavy atom. The van der Waals surface area contributed by atoms with Crippen molar-refractivity contribution in [1.29, 1.82) is 0 Å². The predicted molar refractivity (Wildman–Crippen MR) is 60.7 cm³/mol. The van der Waals surface area contributed by atoms with Gasteiger partial charge < -0.3 is 10.2 Å². The van der Waals surface area contributed by atoms with Gasteiger partial charge in [-0.05, 0) is 18.6 Å². The van der Waals surface area contributed by atoms with Crippen molar-refractivity contribution in [2.24, 2.45) is 4.99 Å². The predicted octanol–water partition coefficient (Wildman–Crippen LogP) is 0.781. The number of hydrogen-bond donors (Lipinski definition) is 1. The quantitative estimate of drug-likeness (QED) is 0.774. The van der Waals surface area contributed by atoms with Crippen LogP contribution in [0, 0.1) is 6.92 Å². The highest BCUT2D eigenvalue weighted by Gasteiger charge is 2.10. The van der Waals surface area contributed by atoms with Gasteiger partial charge in [0.2, 0.25) is 0 Å². The number of nitrogens with one attached hydrogen (secondary N) is 1. The van der Waals surface area contributed by atoms with E-state index in [-0.39, 0.29) is 0 Å². The summed E-state index contributed by atoms with van der Waals surface area (Å²) in [4.78, 5) is 10.7. The van der Waals surface area contributed by atoms with Crippen molar-refractivity contribution in [1.82, 2.24) is 15.2 Å². The molecule has 80 valence electrons. The molecule has 2 heterocycles. The van der Waals surface area contributed by atoms with Gasteiger partial charge in [0.1, 0.15) is 0 Å². The first kappa shape index (κ1) is 9.96. The van der Waals surface area contributed by atoms with E-state index < -0.39 is 0 Å². The van der Waals surface area contributed by atoms with Crippen LogP contribution >= 0.6 is 0 Å².